The highest BCUT2D eigenvalue weighted by Crippen LogP contribution is 2.32. The first-order valence-corrected chi connectivity index (χ1v) is 5.52. The zero-order valence-corrected chi connectivity index (χ0v) is 10.1. The van der Waals surface area contributed by atoms with Crippen LogP contribution in [0, 0.1) is 5.82 Å². The van der Waals surface area contributed by atoms with Crippen molar-refractivity contribution in [2.75, 3.05) is 13.1 Å². The molecule has 0 fully saturated rings. The van der Waals surface area contributed by atoms with E-state index in [1.165, 1.54) is 0 Å². The van der Waals surface area contributed by atoms with Gasteiger partial charge in [-0.15, -0.1) is 0 Å². The van der Waals surface area contributed by atoms with Gasteiger partial charge in [-0.1, -0.05) is 11.2 Å². The van der Waals surface area contributed by atoms with Crippen LogP contribution in [0.25, 0.3) is 10.4 Å². The van der Waals surface area contributed by atoms with Crippen molar-refractivity contribution in [3.63, 3.8) is 0 Å². The molecular weight excluding hydrogens is 280 g/mol. The van der Waals surface area contributed by atoms with E-state index in [4.69, 9.17) is 5.53 Å². The van der Waals surface area contributed by atoms with Crippen molar-refractivity contribution in [1.82, 2.24) is 5.32 Å². The van der Waals surface area contributed by atoms with Gasteiger partial charge in [-0.2, -0.15) is 13.2 Å². The zero-order chi connectivity index (χ0) is 15.2. The van der Waals surface area contributed by atoms with Crippen molar-refractivity contribution in [2.24, 2.45) is 5.11 Å². The Hall–Kier alpha value is -2.28. The lowest BCUT2D eigenvalue weighted by atomic mass is 10.1. The van der Waals surface area contributed by atoms with Gasteiger partial charge in [0.1, 0.15) is 5.82 Å². The summed E-state index contributed by atoms with van der Waals surface area (Å²) in [5, 5.41) is 5.46. The van der Waals surface area contributed by atoms with Gasteiger partial charge >= 0.3 is 6.18 Å². The van der Waals surface area contributed by atoms with Gasteiger partial charge < -0.3 is 5.32 Å². The molecule has 0 atom stereocenters. The number of nitrogens with one attached hydrogen (secondary N) is 1. The van der Waals surface area contributed by atoms with E-state index in [0.717, 1.165) is 12.1 Å². The smallest absolute Gasteiger partial charge is 0.352 e. The third-order valence-corrected chi connectivity index (χ3v) is 2.33. The molecular formula is C11H10F4N4O. The third kappa shape index (κ3) is 4.13. The summed E-state index contributed by atoms with van der Waals surface area (Å²) < 4.78 is 51.0. The molecule has 0 aliphatic heterocycles. The number of alkyl halides is 3. The molecule has 108 valence electrons. The number of halogens is 4. The van der Waals surface area contributed by atoms with Crippen molar-refractivity contribution in [3.8, 4) is 0 Å². The second kappa shape index (κ2) is 6.76. The monoisotopic (exact) mass is 290 g/mol. The summed E-state index contributed by atoms with van der Waals surface area (Å²) in [4.78, 5) is 14.0. The Morgan fingerprint density at radius 2 is 2.10 bits per heavy atom. The summed E-state index contributed by atoms with van der Waals surface area (Å²) >= 11 is 0. The van der Waals surface area contributed by atoms with Crippen molar-refractivity contribution in [2.45, 2.75) is 12.6 Å². The molecule has 0 aliphatic carbocycles. The van der Waals surface area contributed by atoms with Crippen LogP contribution in [0.1, 0.15) is 22.3 Å². The van der Waals surface area contributed by atoms with E-state index in [1.807, 2.05) is 0 Å². The SMILES string of the molecule is [N-]=[N+]=NCCCNC(=O)c1cccc(C(F)(F)F)c1F. The molecule has 5 nitrogen and oxygen atoms in total. The van der Waals surface area contributed by atoms with Crippen LogP contribution in [0.4, 0.5) is 17.6 Å². The fraction of sp³-hybridized carbons (Fsp3) is 0.364. The molecule has 20 heavy (non-hydrogen) atoms. The van der Waals surface area contributed by atoms with Gasteiger partial charge in [0.05, 0.1) is 11.1 Å². The van der Waals surface area contributed by atoms with Gasteiger partial charge in [0, 0.05) is 18.0 Å². The van der Waals surface area contributed by atoms with E-state index in [-0.39, 0.29) is 13.1 Å². The highest BCUT2D eigenvalue weighted by molar-refractivity contribution is 5.94. The van der Waals surface area contributed by atoms with Crippen LogP contribution in [0.15, 0.2) is 23.3 Å². The van der Waals surface area contributed by atoms with Crippen molar-refractivity contribution in [3.05, 3.63) is 45.6 Å². The number of benzene rings is 1. The predicted octanol–water partition coefficient (Wildman–Crippen LogP) is 3.27. The van der Waals surface area contributed by atoms with Gasteiger partial charge in [0.25, 0.3) is 5.91 Å². The molecule has 0 saturated heterocycles. The number of carbonyl (C=O) groups excluding carboxylic acids is 1. The molecule has 0 aromatic heterocycles. The van der Waals surface area contributed by atoms with Crippen LogP contribution in [0.3, 0.4) is 0 Å². The zero-order valence-electron chi connectivity index (χ0n) is 10.1. The minimum atomic E-state index is -4.86. The predicted molar refractivity (Wildman–Crippen MR) is 62.4 cm³/mol. The second-order valence-electron chi connectivity index (χ2n) is 3.73. The normalized spacial score (nSPS) is 10.8. The van der Waals surface area contributed by atoms with Crippen LogP contribution < -0.4 is 5.32 Å². The standard InChI is InChI=1S/C11H10F4N4O/c12-9-7(3-1-4-8(9)11(13,14)15)10(20)17-5-2-6-18-19-16/h1,3-4H,2,5-6H2,(H,17,20). The van der Waals surface area contributed by atoms with E-state index in [9.17, 15) is 22.4 Å². The van der Waals surface area contributed by atoms with Crippen LogP contribution in [0.2, 0.25) is 0 Å². The molecule has 0 aliphatic rings. The first kappa shape index (κ1) is 15.8. The highest BCUT2D eigenvalue weighted by Gasteiger charge is 2.35. The van der Waals surface area contributed by atoms with Gasteiger partial charge in [-0.3, -0.25) is 4.79 Å². The third-order valence-electron chi connectivity index (χ3n) is 2.33. The Balaban J connectivity index is 2.76. The lowest BCUT2D eigenvalue weighted by molar-refractivity contribution is -0.140. The Morgan fingerprint density at radius 1 is 1.40 bits per heavy atom. The number of nitrogens with zero attached hydrogens (tertiary/aromatic N) is 3. The van der Waals surface area contributed by atoms with Gasteiger partial charge in [0.2, 0.25) is 0 Å². The minimum Gasteiger partial charge on any atom is -0.352 e. The van der Waals surface area contributed by atoms with Crippen LogP contribution in [0.5, 0.6) is 0 Å². The molecule has 0 saturated carbocycles. The Labute approximate surface area is 111 Å². The fourth-order valence-corrected chi connectivity index (χ4v) is 1.42. The molecule has 0 bridgehead atoms. The van der Waals surface area contributed by atoms with Gasteiger partial charge in [-0.25, -0.2) is 4.39 Å². The largest absolute Gasteiger partial charge is 0.419 e. The topological polar surface area (TPSA) is 77.9 Å². The molecule has 0 unspecified atom stereocenters. The van der Waals surface area contributed by atoms with Crippen molar-refractivity contribution >= 4 is 5.91 Å². The fourth-order valence-electron chi connectivity index (χ4n) is 1.42. The Bertz CT molecular complexity index is 538. The summed E-state index contributed by atoms with van der Waals surface area (Å²) in [6.45, 7) is 0.190. The maximum atomic E-state index is 13.6. The van der Waals surface area contributed by atoms with Gasteiger partial charge in [-0.05, 0) is 24.1 Å². The van der Waals surface area contributed by atoms with Crippen LogP contribution >= 0.6 is 0 Å². The minimum absolute atomic E-state index is 0.0630. The first-order chi connectivity index (χ1) is 9.38. The lowest BCUT2D eigenvalue weighted by Gasteiger charge is -2.11. The second-order valence-corrected chi connectivity index (χ2v) is 3.73. The molecule has 1 N–H and O–H groups in total. The van der Waals surface area contributed by atoms with E-state index in [2.05, 4.69) is 15.3 Å². The van der Waals surface area contributed by atoms with E-state index in [0.29, 0.717) is 12.5 Å². The average Bonchev–Trinajstić information content (AvgIpc) is 2.37. The van der Waals surface area contributed by atoms with Gasteiger partial charge in [0.15, 0.2) is 0 Å². The highest BCUT2D eigenvalue weighted by atomic mass is 19.4. The van der Waals surface area contributed by atoms with Crippen molar-refractivity contribution in [1.29, 1.82) is 0 Å². The number of azide groups is 1. The van der Waals surface area contributed by atoms with E-state index < -0.39 is 29.0 Å². The number of carbonyl (C=O) groups is 1. The number of hydrogen-bond acceptors (Lipinski definition) is 2. The summed E-state index contributed by atoms with van der Waals surface area (Å²) in [5.74, 6) is -2.55. The molecule has 9 heteroatoms. The molecule has 0 heterocycles. The quantitative estimate of drug-likeness (QED) is 0.292. The summed E-state index contributed by atoms with van der Waals surface area (Å²) in [7, 11) is 0. The molecule has 0 spiro atoms. The maximum absolute atomic E-state index is 13.6. The van der Waals surface area contributed by atoms with Crippen LogP contribution in [-0.4, -0.2) is 19.0 Å². The first-order valence-electron chi connectivity index (χ1n) is 5.52. The molecule has 1 rings (SSSR count). The van der Waals surface area contributed by atoms with E-state index >= 15 is 0 Å². The Kier molecular flexibility index (Phi) is 5.33. The maximum Gasteiger partial charge on any atom is 0.419 e. The van der Waals surface area contributed by atoms with E-state index in [1.54, 1.807) is 0 Å². The number of amides is 1. The summed E-state index contributed by atoms with van der Waals surface area (Å²) in [6, 6.07) is 2.49. The van der Waals surface area contributed by atoms with Crippen molar-refractivity contribution < 1.29 is 22.4 Å². The summed E-state index contributed by atoms with van der Waals surface area (Å²) in [5.41, 5.74) is 5.85. The number of rotatable bonds is 5. The molecule has 0 radical (unpaired) electrons. The van der Waals surface area contributed by atoms with Crippen LogP contribution in [-0.2, 0) is 6.18 Å². The lowest BCUT2D eigenvalue weighted by Crippen LogP contribution is -2.26. The summed E-state index contributed by atoms with van der Waals surface area (Å²) in [6.07, 6.45) is -4.56. The number of hydrogen-bond donors (Lipinski definition) is 1. The molecule has 1 aromatic carbocycles. The Morgan fingerprint density at radius 3 is 2.70 bits per heavy atom. The molecule has 1 aromatic rings. The molecule has 1 amide bonds. The average molecular weight is 290 g/mol.